The van der Waals surface area contributed by atoms with Gasteiger partial charge in [0.1, 0.15) is 0 Å². The van der Waals surface area contributed by atoms with Gasteiger partial charge in [0.15, 0.2) is 0 Å². The molecule has 84 valence electrons. The molecule has 0 radical (unpaired) electrons. The van der Waals surface area contributed by atoms with Crippen LogP contribution in [0.25, 0.3) is 16.6 Å². The molecule has 1 aromatic heterocycles. The first kappa shape index (κ1) is 10.4. The number of para-hydroxylation sites is 2. The van der Waals surface area contributed by atoms with Crippen molar-refractivity contribution >= 4 is 22.5 Å². The second kappa shape index (κ2) is 3.94. The van der Waals surface area contributed by atoms with Crippen molar-refractivity contribution in [1.29, 1.82) is 0 Å². The molecule has 2 heteroatoms. The van der Waals surface area contributed by atoms with Gasteiger partial charge in [-0.25, -0.2) is 0 Å². The first-order valence-corrected chi connectivity index (χ1v) is 5.97. The fraction of sp³-hybridized carbons (Fsp3) is 0.0667. The summed E-state index contributed by atoms with van der Waals surface area (Å²) in [6.07, 6.45) is 2.07. The molecule has 0 aliphatic carbocycles. The van der Waals surface area contributed by atoms with Crippen molar-refractivity contribution in [2.24, 2.45) is 0 Å². The van der Waals surface area contributed by atoms with Crippen LogP contribution in [0.15, 0.2) is 54.7 Å². The highest BCUT2D eigenvalue weighted by Crippen LogP contribution is 2.28. The molecule has 0 unspecified atom stereocenters. The molecule has 0 amide bonds. The molecule has 0 saturated heterocycles. The zero-order valence-electron chi connectivity index (χ0n) is 9.52. The minimum atomic E-state index is 0.784. The molecule has 0 aliphatic heterocycles. The molecule has 0 spiro atoms. The van der Waals surface area contributed by atoms with Crippen molar-refractivity contribution < 1.29 is 0 Å². The Labute approximate surface area is 105 Å². The number of rotatable bonds is 1. The monoisotopic (exact) mass is 241 g/mol. The van der Waals surface area contributed by atoms with Gasteiger partial charge in [-0.2, -0.15) is 0 Å². The van der Waals surface area contributed by atoms with E-state index < -0.39 is 0 Å². The third kappa shape index (κ3) is 1.63. The van der Waals surface area contributed by atoms with E-state index in [4.69, 9.17) is 11.6 Å². The topological polar surface area (TPSA) is 4.93 Å². The molecule has 0 saturated carbocycles. The minimum absolute atomic E-state index is 0.784. The largest absolute Gasteiger partial charge is 0.315 e. The summed E-state index contributed by atoms with van der Waals surface area (Å²) in [5.74, 6) is 0. The lowest BCUT2D eigenvalue weighted by Gasteiger charge is -2.11. The highest BCUT2D eigenvalue weighted by atomic mass is 35.5. The third-order valence-corrected chi connectivity index (χ3v) is 3.33. The predicted octanol–water partition coefficient (Wildman–Crippen LogP) is 4.59. The van der Waals surface area contributed by atoms with E-state index in [1.54, 1.807) is 0 Å². The fourth-order valence-electron chi connectivity index (χ4n) is 2.21. The lowest BCUT2D eigenvalue weighted by molar-refractivity contribution is 1.10. The van der Waals surface area contributed by atoms with Gasteiger partial charge in [-0.3, -0.25) is 0 Å². The Balaban J connectivity index is 2.35. The van der Waals surface area contributed by atoms with E-state index in [-0.39, 0.29) is 0 Å². The summed E-state index contributed by atoms with van der Waals surface area (Å²) in [6.45, 7) is 2.08. The number of hydrogen-bond donors (Lipinski definition) is 0. The van der Waals surface area contributed by atoms with Crippen molar-refractivity contribution in [3.8, 4) is 5.69 Å². The van der Waals surface area contributed by atoms with Crippen LogP contribution < -0.4 is 0 Å². The average Bonchev–Trinajstić information content (AvgIpc) is 2.73. The van der Waals surface area contributed by atoms with Crippen molar-refractivity contribution in [3.63, 3.8) is 0 Å². The van der Waals surface area contributed by atoms with Gasteiger partial charge in [0.05, 0.1) is 16.2 Å². The second-order valence-electron chi connectivity index (χ2n) is 4.15. The van der Waals surface area contributed by atoms with Gasteiger partial charge in [0.2, 0.25) is 0 Å². The number of nitrogens with zero attached hydrogens (tertiary/aromatic N) is 1. The first-order chi connectivity index (χ1) is 8.27. The zero-order chi connectivity index (χ0) is 11.8. The van der Waals surface area contributed by atoms with Crippen LogP contribution in [0.4, 0.5) is 0 Å². The van der Waals surface area contributed by atoms with E-state index in [0.717, 1.165) is 10.7 Å². The Hall–Kier alpha value is -1.73. The summed E-state index contributed by atoms with van der Waals surface area (Å²) >= 11 is 6.30. The molecule has 0 atom stereocenters. The second-order valence-corrected chi connectivity index (χ2v) is 4.56. The Kier molecular flexibility index (Phi) is 2.41. The summed E-state index contributed by atoms with van der Waals surface area (Å²) in [4.78, 5) is 0. The molecule has 3 rings (SSSR count). The van der Waals surface area contributed by atoms with Crippen molar-refractivity contribution in [3.05, 3.63) is 65.3 Å². The van der Waals surface area contributed by atoms with Crippen LogP contribution in [0.2, 0.25) is 5.02 Å². The number of aryl methyl sites for hydroxylation is 1. The summed E-state index contributed by atoms with van der Waals surface area (Å²) in [5, 5.41) is 2.01. The molecule has 3 aromatic rings. The van der Waals surface area contributed by atoms with E-state index in [2.05, 4.69) is 42.0 Å². The predicted molar refractivity (Wildman–Crippen MR) is 73.0 cm³/mol. The van der Waals surface area contributed by atoms with Crippen molar-refractivity contribution in [2.75, 3.05) is 0 Å². The number of hydrogen-bond acceptors (Lipinski definition) is 0. The molecule has 0 aliphatic rings. The van der Waals surface area contributed by atoms with Crippen LogP contribution >= 0.6 is 11.6 Å². The Morgan fingerprint density at radius 1 is 0.941 bits per heavy atom. The fourth-order valence-corrected chi connectivity index (χ4v) is 2.52. The number of fused-ring (bicyclic) bond motifs is 1. The maximum absolute atomic E-state index is 6.30. The summed E-state index contributed by atoms with van der Waals surface area (Å²) in [6, 6.07) is 16.4. The van der Waals surface area contributed by atoms with Gasteiger partial charge in [-0.1, -0.05) is 41.9 Å². The third-order valence-electron chi connectivity index (χ3n) is 3.03. The smallest absolute Gasteiger partial charge is 0.0671 e. The lowest BCUT2D eigenvalue weighted by atomic mass is 10.2. The molecule has 1 nitrogen and oxygen atoms in total. The standard InChI is InChI=1S/C15H12ClN/c1-11-5-4-7-13(16)15(11)17-10-9-12-6-2-3-8-14(12)17/h2-10H,1H3. The molecule has 0 N–H and O–H groups in total. The van der Waals surface area contributed by atoms with Gasteiger partial charge >= 0.3 is 0 Å². The minimum Gasteiger partial charge on any atom is -0.315 e. The maximum Gasteiger partial charge on any atom is 0.0671 e. The van der Waals surface area contributed by atoms with E-state index in [1.807, 2.05) is 24.3 Å². The highest BCUT2D eigenvalue weighted by Gasteiger charge is 2.08. The van der Waals surface area contributed by atoms with Gasteiger partial charge in [0, 0.05) is 6.20 Å². The van der Waals surface area contributed by atoms with Gasteiger partial charge in [-0.05, 0) is 36.1 Å². The van der Waals surface area contributed by atoms with Gasteiger partial charge in [0.25, 0.3) is 0 Å². The molecule has 17 heavy (non-hydrogen) atoms. The number of benzene rings is 2. The van der Waals surface area contributed by atoms with Crippen LogP contribution in [-0.2, 0) is 0 Å². The molecular weight excluding hydrogens is 230 g/mol. The molecule has 1 heterocycles. The normalized spacial score (nSPS) is 10.9. The van der Waals surface area contributed by atoms with Crippen LogP contribution in [0.1, 0.15) is 5.56 Å². The van der Waals surface area contributed by atoms with Gasteiger partial charge in [-0.15, -0.1) is 0 Å². The Morgan fingerprint density at radius 2 is 1.76 bits per heavy atom. The lowest BCUT2D eigenvalue weighted by Crippen LogP contribution is -1.96. The summed E-state index contributed by atoms with van der Waals surface area (Å²) in [7, 11) is 0. The molecule has 2 aromatic carbocycles. The Morgan fingerprint density at radius 3 is 2.59 bits per heavy atom. The maximum atomic E-state index is 6.30. The first-order valence-electron chi connectivity index (χ1n) is 5.59. The zero-order valence-corrected chi connectivity index (χ0v) is 10.3. The van der Waals surface area contributed by atoms with Gasteiger partial charge < -0.3 is 4.57 Å². The van der Waals surface area contributed by atoms with E-state index in [1.165, 1.54) is 16.5 Å². The summed E-state index contributed by atoms with van der Waals surface area (Å²) < 4.78 is 2.15. The van der Waals surface area contributed by atoms with Crippen LogP contribution in [-0.4, -0.2) is 4.57 Å². The highest BCUT2D eigenvalue weighted by molar-refractivity contribution is 6.32. The average molecular weight is 242 g/mol. The van der Waals surface area contributed by atoms with E-state index >= 15 is 0 Å². The molecular formula is C15H12ClN. The van der Waals surface area contributed by atoms with Crippen LogP contribution in [0.3, 0.4) is 0 Å². The van der Waals surface area contributed by atoms with Crippen LogP contribution in [0, 0.1) is 6.92 Å². The summed E-state index contributed by atoms with van der Waals surface area (Å²) in [5.41, 5.74) is 3.43. The number of aromatic nitrogens is 1. The quantitative estimate of drug-likeness (QED) is 0.587. The SMILES string of the molecule is Cc1cccc(Cl)c1-n1ccc2ccccc21. The molecule has 0 bridgehead atoms. The van der Waals surface area contributed by atoms with Crippen molar-refractivity contribution in [1.82, 2.24) is 4.57 Å². The van der Waals surface area contributed by atoms with Crippen molar-refractivity contribution in [2.45, 2.75) is 6.92 Å². The number of halogens is 1. The Bertz CT molecular complexity index is 662. The molecule has 0 fully saturated rings. The van der Waals surface area contributed by atoms with Crippen LogP contribution in [0.5, 0.6) is 0 Å². The van der Waals surface area contributed by atoms with E-state index in [9.17, 15) is 0 Å². The van der Waals surface area contributed by atoms with E-state index in [0.29, 0.717) is 0 Å².